The topological polar surface area (TPSA) is 82.6 Å². The molecule has 2 aromatic rings. The lowest BCUT2D eigenvalue weighted by Gasteiger charge is -2.35. The van der Waals surface area contributed by atoms with Crippen molar-refractivity contribution in [2.45, 2.75) is 11.1 Å². The van der Waals surface area contributed by atoms with Crippen molar-refractivity contribution in [1.29, 1.82) is 0 Å². The zero-order valence-electron chi connectivity index (χ0n) is 16.0. The molecule has 160 valence electrons. The second kappa shape index (κ2) is 8.07. The fourth-order valence-corrected chi connectivity index (χ4v) is 4.40. The molecule has 1 amide bonds. The van der Waals surface area contributed by atoms with Crippen molar-refractivity contribution >= 4 is 21.7 Å². The summed E-state index contributed by atoms with van der Waals surface area (Å²) in [6.45, 7) is 3.68. The number of anilines is 1. The lowest BCUT2D eigenvalue weighted by Crippen LogP contribution is -2.48. The SMILES string of the molecule is C=C1CN(S(=O)(=O)c2ccc(C(F)(F)F)cc2)CCN1C(=O)c1ccc(NC)nc1. The van der Waals surface area contributed by atoms with Gasteiger partial charge in [0.05, 0.1) is 22.6 Å². The third-order valence-electron chi connectivity index (χ3n) is 4.64. The van der Waals surface area contributed by atoms with Gasteiger partial charge in [0.2, 0.25) is 10.0 Å². The van der Waals surface area contributed by atoms with Crippen molar-refractivity contribution in [2.24, 2.45) is 0 Å². The molecule has 1 N–H and O–H groups in total. The molecule has 0 saturated carbocycles. The van der Waals surface area contributed by atoms with E-state index in [1.165, 1.54) is 11.1 Å². The first-order chi connectivity index (χ1) is 14.0. The van der Waals surface area contributed by atoms with Crippen LogP contribution in [0.1, 0.15) is 15.9 Å². The van der Waals surface area contributed by atoms with E-state index in [1.54, 1.807) is 19.2 Å². The van der Waals surface area contributed by atoms with Crippen LogP contribution >= 0.6 is 0 Å². The van der Waals surface area contributed by atoms with E-state index in [-0.39, 0.29) is 36.1 Å². The number of benzene rings is 1. The molecule has 1 fully saturated rings. The van der Waals surface area contributed by atoms with Crippen LogP contribution in [0.4, 0.5) is 19.0 Å². The Bertz CT molecular complexity index is 1050. The molecule has 1 aromatic heterocycles. The van der Waals surface area contributed by atoms with Crippen molar-refractivity contribution in [3.63, 3.8) is 0 Å². The van der Waals surface area contributed by atoms with Crippen LogP contribution in [0.3, 0.4) is 0 Å². The van der Waals surface area contributed by atoms with Crippen molar-refractivity contribution < 1.29 is 26.4 Å². The number of carbonyl (C=O) groups is 1. The molecule has 1 aromatic carbocycles. The summed E-state index contributed by atoms with van der Waals surface area (Å²) in [4.78, 5) is 17.9. The van der Waals surface area contributed by atoms with Crippen molar-refractivity contribution in [3.05, 3.63) is 66.0 Å². The average molecular weight is 440 g/mol. The predicted octanol–water partition coefficient (Wildman–Crippen LogP) is 2.80. The zero-order valence-corrected chi connectivity index (χ0v) is 16.8. The molecule has 11 heteroatoms. The molecular formula is C19H19F3N4O3S. The number of carbonyl (C=O) groups excluding carboxylic acids is 1. The maximum Gasteiger partial charge on any atom is 0.416 e. The number of nitrogens with zero attached hydrogens (tertiary/aromatic N) is 3. The van der Waals surface area contributed by atoms with E-state index in [4.69, 9.17) is 0 Å². The van der Waals surface area contributed by atoms with Crippen molar-refractivity contribution in [2.75, 3.05) is 32.0 Å². The van der Waals surface area contributed by atoms with E-state index >= 15 is 0 Å². The minimum Gasteiger partial charge on any atom is -0.373 e. The first-order valence-corrected chi connectivity index (χ1v) is 10.3. The van der Waals surface area contributed by atoms with Gasteiger partial charge in [-0.15, -0.1) is 0 Å². The molecule has 7 nitrogen and oxygen atoms in total. The molecule has 1 aliphatic rings. The number of aromatic nitrogens is 1. The Kier molecular flexibility index (Phi) is 5.86. The second-order valence-electron chi connectivity index (χ2n) is 6.57. The van der Waals surface area contributed by atoms with Gasteiger partial charge >= 0.3 is 6.18 Å². The van der Waals surface area contributed by atoms with E-state index in [1.807, 2.05) is 0 Å². The Morgan fingerprint density at radius 3 is 2.30 bits per heavy atom. The van der Waals surface area contributed by atoms with Gasteiger partial charge in [-0.25, -0.2) is 13.4 Å². The number of rotatable bonds is 4. The number of sulfonamides is 1. The maximum absolute atomic E-state index is 12.8. The molecule has 30 heavy (non-hydrogen) atoms. The van der Waals surface area contributed by atoms with E-state index in [0.717, 1.165) is 28.6 Å². The Morgan fingerprint density at radius 1 is 1.13 bits per heavy atom. The Labute approximate surface area is 171 Å². The number of amides is 1. The quantitative estimate of drug-likeness (QED) is 0.791. The van der Waals surface area contributed by atoms with Crippen molar-refractivity contribution in [1.82, 2.24) is 14.2 Å². The van der Waals surface area contributed by atoms with Crippen LogP contribution in [0.5, 0.6) is 0 Å². The molecular weight excluding hydrogens is 421 g/mol. The summed E-state index contributed by atoms with van der Waals surface area (Å²) < 4.78 is 64.8. The molecule has 0 spiro atoms. The summed E-state index contributed by atoms with van der Waals surface area (Å²) in [6, 6.07) is 6.54. The van der Waals surface area contributed by atoms with Crippen LogP contribution in [0.2, 0.25) is 0 Å². The summed E-state index contributed by atoms with van der Waals surface area (Å²) in [6.07, 6.45) is -3.14. The van der Waals surface area contributed by atoms with E-state index < -0.39 is 21.8 Å². The number of nitrogens with one attached hydrogen (secondary N) is 1. The molecule has 0 aliphatic carbocycles. The lowest BCUT2D eigenvalue weighted by atomic mass is 10.2. The van der Waals surface area contributed by atoms with E-state index in [0.29, 0.717) is 11.4 Å². The largest absolute Gasteiger partial charge is 0.416 e. The summed E-state index contributed by atoms with van der Waals surface area (Å²) in [5.41, 5.74) is -0.340. The standard InChI is InChI=1S/C19H19F3N4O3S/c1-13-12-25(30(28,29)16-6-4-15(5-7-16)19(20,21)22)9-10-26(13)18(27)14-3-8-17(23-2)24-11-14/h3-8,11H,1,9-10,12H2,2H3,(H,23,24). The Morgan fingerprint density at radius 2 is 1.80 bits per heavy atom. The predicted molar refractivity (Wildman–Crippen MR) is 104 cm³/mol. The minimum absolute atomic E-state index is 0.0177. The van der Waals surface area contributed by atoms with Gasteiger partial charge in [0.1, 0.15) is 5.82 Å². The highest BCUT2D eigenvalue weighted by molar-refractivity contribution is 7.89. The van der Waals surface area contributed by atoms with Crippen LogP contribution in [-0.4, -0.2) is 55.2 Å². The second-order valence-corrected chi connectivity index (χ2v) is 8.50. The maximum atomic E-state index is 12.8. The van der Waals surface area contributed by atoms with Gasteiger partial charge < -0.3 is 10.2 Å². The highest BCUT2D eigenvalue weighted by atomic mass is 32.2. The van der Waals surface area contributed by atoms with Crippen molar-refractivity contribution in [3.8, 4) is 0 Å². The molecule has 1 aliphatic heterocycles. The first kappa shape index (κ1) is 21.8. The molecule has 0 atom stereocenters. The van der Waals surface area contributed by atoms with Gasteiger partial charge in [-0.2, -0.15) is 17.5 Å². The smallest absolute Gasteiger partial charge is 0.373 e. The molecule has 1 saturated heterocycles. The van der Waals surface area contributed by atoms with Crippen LogP contribution in [0, 0.1) is 0 Å². The first-order valence-electron chi connectivity index (χ1n) is 8.85. The summed E-state index contributed by atoms with van der Waals surface area (Å²) in [5.74, 6) is 0.236. The Hall–Kier alpha value is -2.92. The summed E-state index contributed by atoms with van der Waals surface area (Å²) >= 11 is 0. The minimum atomic E-state index is -4.55. The normalized spacial score (nSPS) is 15.9. The summed E-state index contributed by atoms with van der Waals surface area (Å²) in [5, 5.41) is 2.84. The average Bonchev–Trinajstić information content (AvgIpc) is 2.72. The monoisotopic (exact) mass is 440 g/mol. The fourth-order valence-electron chi connectivity index (χ4n) is 2.98. The number of alkyl halides is 3. The lowest BCUT2D eigenvalue weighted by molar-refractivity contribution is -0.137. The number of hydrogen-bond acceptors (Lipinski definition) is 5. The third kappa shape index (κ3) is 4.31. The number of piperazine rings is 1. The van der Waals surface area contributed by atoms with Gasteiger partial charge in [-0.05, 0) is 36.4 Å². The molecule has 2 heterocycles. The van der Waals surface area contributed by atoms with Crippen LogP contribution in [-0.2, 0) is 16.2 Å². The van der Waals surface area contributed by atoms with E-state index in [2.05, 4.69) is 16.9 Å². The van der Waals surface area contributed by atoms with Crippen LogP contribution < -0.4 is 5.32 Å². The van der Waals surface area contributed by atoms with Gasteiger partial charge in [0.25, 0.3) is 5.91 Å². The summed E-state index contributed by atoms with van der Waals surface area (Å²) in [7, 11) is -2.34. The van der Waals surface area contributed by atoms with E-state index in [9.17, 15) is 26.4 Å². The fraction of sp³-hybridized carbons (Fsp3) is 0.263. The van der Waals surface area contributed by atoms with Gasteiger partial charge in [-0.1, -0.05) is 6.58 Å². The highest BCUT2D eigenvalue weighted by Gasteiger charge is 2.34. The molecule has 0 bridgehead atoms. The van der Waals surface area contributed by atoms with Gasteiger partial charge in [-0.3, -0.25) is 4.79 Å². The highest BCUT2D eigenvalue weighted by Crippen LogP contribution is 2.30. The van der Waals surface area contributed by atoms with Crippen LogP contribution in [0.25, 0.3) is 0 Å². The number of pyridine rings is 1. The zero-order chi connectivity index (χ0) is 22.1. The number of halogens is 3. The molecule has 0 radical (unpaired) electrons. The molecule has 0 unspecified atom stereocenters. The number of hydrogen-bond donors (Lipinski definition) is 1. The third-order valence-corrected chi connectivity index (χ3v) is 6.50. The van der Waals surface area contributed by atoms with Crippen LogP contribution in [0.15, 0.2) is 59.8 Å². The van der Waals surface area contributed by atoms with Gasteiger partial charge in [0.15, 0.2) is 0 Å². The Balaban J connectivity index is 1.73. The molecule has 3 rings (SSSR count). The van der Waals surface area contributed by atoms with Gasteiger partial charge in [0, 0.05) is 32.0 Å².